The lowest BCUT2D eigenvalue weighted by atomic mass is 10.1. The molecule has 0 aromatic heterocycles. The first kappa shape index (κ1) is 12.0. The van der Waals surface area contributed by atoms with Gasteiger partial charge in [-0.05, 0) is 25.0 Å². The molecule has 0 amide bonds. The molecular weight excluding hydrogens is 214 g/mol. The zero-order chi connectivity index (χ0) is 11.5. The maximum atomic E-state index is 11.1. The maximum absolute atomic E-state index is 11.1. The summed E-state index contributed by atoms with van der Waals surface area (Å²) in [6.45, 7) is 3.84. The van der Waals surface area contributed by atoms with E-state index in [1.807, 2.05) is 19.1 Å². The Kier molecular flexibility index (Phi) is 3.71. The molecule has 0 saturated carbocycles. The van der Waals surface area contributed by atoms with E-state index in [0.29, 0.717) is 5.69 Å². The minimum absolute atomic E-state index is 0.218. The first-order chi connectivity index (χ1) is 7.00. The minimum Gasteiger partial charge on any atom is -0.269 e. The van der Waals surface area contributed by atoms with Gasteiger partial charge in [-0.2, -0.15) is 8.42 Å². The van der Waals surface area contributed by atoms with Gasteiger partial charge in [-0.3, -0.25) is 4.55 Å². The highest BCUT2D eigenvalue weighted by Crippen LogP contribution is 2.22. The summed E-state index contributed by atoms with van der Waals surface area (Å²) in [4.78, 5) is 0. The summed E-state index contributed by atoms with van der Waals surface area (Å²) < 4.78 is 32.3. The van der Waals surface area contributed by atoms with Crippen LogP contribution in [0.2, 0.25) is 0 Å². The molecule has 0 aliphatic heterocycles. The molecule has 0 bridgehead atoms. The van der Waals surface area contributed by atoms with E-state index in [9.17, 15) is 8.42 Å². The topological polar surface area (TPSA) is 57.6 Å². The van der Waals surface area contributed by atoms with Crippen LogP contribution >= 0.6 is 0 Å². The van der Waals surface area contributed by atoms with Gasteiger partial charge in [0, 0.05) is 6.54 Å². The van der Waals surface area contributed by atoms with Crippen molar-refractivity contribution in [1.82, 2.24) is 0 Å². The molecule has 4 nitrogen and oxygen atoms in total. The molecule has 0 unspecified atom stereocenters. The molecule has 1 aromatic rings. The average molecular weight is 229 g/mol. The first-order valence-corrected chi connectivity index (χ1v) is 6.23. The van der Waals surface area contributed by atoms with Gasteiger partial charge in [-0.25, -0.2) is 4.31 Å². The molecule has 5 heteroatoms. The van der Waals surface area contributed by atoms with Gasteiger partial charge in [0.2, 0.25) is 0 Å². The van der Waals surface area contributed by atoms with Crippen LogP contribution in [0.15, 0.2) is 24.3 Å². The van der Waals surface area contributed by atoms with Crippen molar-refractivity contribution in [3.05, 3.63) is 29.8 Å². The summed E-state index contributed by atoms with van der Waals surface area (Å²) in [7, 11) is -4.17. The standard InChI is InChI=1S/C10H15NO3S/c1-3-9-7-5-6-8-10(9)11(4-2)15(12,13)14/h5-8H,3-4H2,1-2H3,(H,12,13,14). The molecule has 1 rings (SSSR count). The van der Waals surface area contributed by atoms with Crippen molar-refractivity contribution < 1.29 is 13.0 Å². The van der Waals surface area contributed by atoms with Crippen LogP contribution in [0.5, 0.6) is 0 Å². The van der Waals surface area contributed by atoms with Crippen LogP contribution in [0.25, 0.3) is 0 Å². The van der Waals surface area contributed by atoms with Gasteiger partial charge >= 0.3 is 10.3 Å². The van der Waals surface area contributed by atoms with Crippen molar-refractivity contribution in [1.29, 1.82) is 0 Å². The number of hydrogen-bond acceptors (Lipinski definition) is 2. The largest absolute Gasteiger partial charge is 0.359 e. The molecule has 0 radical (unpaired) electrons. The Hall–Kier alpha value is -1.07. The lowest BCUT2D eigenvalue weighted by Gasteiger charge is -2.21. The monoisotopic (exact) mass is 229 g/mol. The second-order valence-corrected chi connectivity index (χ2v) is 4.46. The van der Waals surface area contributed by atoms with Crippen LogP contribution in [-0.2, 0) is 16.7 Å². The Labute approximate surface area is 90.4 Å². The fourth-order valence-corrected chi connectivity index (χ4v) is 2.26. The molecule has 0 atom stereocenters. The van der Waals surface area contributed by atoms with Crippen molar-refractivity contribution in [2.75, 3.05) is 10.8 Å². The lowest BCUT2D eigenvalue weighted by molar-refractivity contribution is 0.478. The highest BCUT2D eigenvalue weighted by molar-refractivity contribution is 7.87. The average Bonchev–Trinajstić information content (AvgIpc) is 2.17. The third-order valence-corrected chi connectivity index (χ3v) is 3.22. The molecule has 0 heterocycles. The second-order valence-electron chi connectivity index (χ2n) is 3.12. The summed E-state index contributed by atoms with van der Waals surface area (Å²) in [5.74, 6) is 0. The number of para-hydroxylation sites is 1. The van der Waals surface area contributed by atoms with Crippen LogP contribution in [0.1, 0.15) is 19.4 Å². The molecule has 0 spiro atoms. The summed E-state index contributed by atoms with van der Waals surface area (Å²) in [5, 5.41) is 0. The molecule has 0 aliphatic rings. The maximum Gasteiger partial charge on any atom is 0.359 e. The quantitative estimate of drug-likeness (QED) is 0.802. The summed E-state index contributed by atoms with van der Waals surface area (Å²) >= 11 is 0. The molecule has 84 valence electrons. The third-order valence-electron chi connectivity index (χ3n) is 2.21. The molecule has 0 fully saturated rings. The van der Waals surface area contributed by atoms with Gasteiger partial charge in [-0.15, -0.1) is 0 Å². The van der Waals surface area contributed by atoms with Crippen molar-refractivity contribution >= 4 is 16.0 Å². The van der Waals surface area contributed by atoms with Crippen LogP contribution in [0.3, 0.4) is 0 Å². The molecule has 0 aliphatic carbocycles. The number of hydrogen-bond donors (Lipinski definition) is 1. The predicted octanol–water partition coefficient (Wildman–Crippen LogP) is 1.88. The van der Waals surface area contributed by atoms with E-state index in [2.05, 4.69) is 0 Å². The van der Waals surface area contributed by atoms with E-state index in [4.69, 9.17) is 4.55 Å². The predicted molar refractivity (Wildman–Crippen MR) is 60.4 cm³/mol. The van der Waals surface area contributed by atoms with Crippen molar-refractivity contribution in [2.45, 2.75) is 20.3 Å². The van der Waals surface area contributed by atoms with E-state index < -0.39 is 10.3 Å². The number of rotatable bonds is 4. The number of benzene rings is 1. The van der Waals surface area contributed by atoms with Gasteiger partial charge < -0.3 is 0 Å². The zero-order valence-electron chi connectivity index (χ0n) is 8.84. The van der Waals surface area contributed by atoms with Gasteiger partial charge in [0.05, 0.1) is 5.69 Å². The van der Waals surface area contributed by atoms with Gasteiger partial charge in [0.1, 0.15) is 0 Å². The molecular formula is C10H15NO3S. The van der Waals surface area contributed by atoms with Gasteiger partial charge in [0.25, 0.3) is 0 Å². The molecule has 1 aromatic carbocycles. The summed E-state index contributed by atoms with van der Waals surface area (Å²) in [5.41, 5.74) is 1.45. The Bertz CT molecular complexity index is 428. The van der Waals surface area contributed by atoms with Crippen LogP contribution < -0.4 is 4.31 Å². The highest BCUT2D eigenvalue weighted by Gasteiger charge is 2.19. The molecule has 1 N–H and O–H groups in total. The molecule has 15 heavy (non-hydrogen) atoms. The Morgan fingerprint density at radius 3 is 2.33 bits per heavy atom. The Morgan fingerprint density at radius 2 is 1.87 bits per heavy atom. The SMILES string of the molecule is CCc1ccccc1N(CC)S(=O)(=O)O. The van der Waals surface area contributed by atoms with E-state index in [1.54, 1.807) is 19.1 Å². The van der Waals surface area contributed by atoms with Crippen molar-refractivity contribution in [3.8, 4) is 0 Å². The van der Waals surface area contributed by atoms with Gasteiger partial charge in [-0.1, -0.05) is 25.1 Å². The Balaban J connectivity index is 3.24. The number of anilines is 1. The normalized spacial score (nSPS) is 11.4. The summed E-state index contributed by atoms with van der Waals surface area (Å²) in [6, 6.07) is 7.14. The van der Waals surface area contributed by atoms with Crippen LogP contribution in [0.4, 0.5) is 5.69 Å². The fraction of sp³-hybridized carbons (Fsp3) is 0.400. The zero-order valence-corrected chi connectivity index (χ0v) is 9.66. The number of nitrogens with zero attached hydrogens (tertiary/aromatic N) is 1. The minimum atomic E-state index is -4.17. The van der Waals surface area contributed by atoms with Crippen molar-refractivity contribution in [3.63, 3.8) is 0 Å². The second kappa shape index (κ2) is 4.63. The third kappa shape index (κ3) is 2.70. The lowest BCUT2D eigenvalue weighted by Crippen LogP contribution is -2.30. The smallest absolute Gasteiger partial charge is 0.269 e. The van der Waals surface area contributed by atoms with Crippen molar-refractivity contribution in [2.24, 2.45) is 0 Å². The van der Waals surface area contributed by atoms with E-state index in [-0.39, 0.29) is 6.54 Å². The van der Waals surface area contributed by atoms with E-state index >= 15 is 0 Å². The number of aryl methyl sites for hydroxylation is 1. The first-order valence-electron chi connectivity index (χ1n) is 4.83. The van der Waals surface area contributed by atoms with Crippen LogP contribution in [-0.4, -0.2) is 19.5 Å². The fourth-order valence-electron chi connectivity index (χ4n) is 1.51. The highest BCUT2D eigenvalue weighted by atomic mass is 32.2. The molecule has 0 saturated heterocycles. The van der Waals surface area contributed by atoms with Crippen LogP contribution in [0, 0.1) is 0 Å². The van der Waals surface area contributed by atoms with E-state index in [1.165, 1.54) is 0 Å². The summed E-state index contributed by atoms with van der Waals surface area (Å²) in [6.07, 6.45) is 0.724. The van der Waals surface area contributed by atoms with E-state index in [0.717, 1.165) is 16.3 Å². The van der Waals surface area contributed by atoms with Gasteiger partial charge in [0.15, 0.2) is 0 Å². The Morgan fingerprint density at radius 1 is 1.27 bits per heavy atom.